The largest absolute Gasteiger partial charge is 0.370 e. The Hall–Kier alpha value is -1.89. The van der Waals surface area contributed by atoms with Crippen molar-refractivity contribution in [2.75, 3.05) is 38.6 Å². The van der Waals surface area contributed by atoms with Crippen molar-refractivity contribution < 1.29 is 18.8 Å². The van der Waals surface area contributed by atoms with Gasteiger partial charge in [0.2, 0.25) is 5.91 Å². The molecule has 1 saturated heterocycles. The van der Waals surface area contributed by atoms with Crippen LogP contribution < -0.4 is 10.2 Å². The molecule has 0 saturated carbocycles. The number of halogens is 1. The first-order chi connectivity index (χ1) is 13.1. The normalized spacial score (nSPS) is 16.1. The Bertz CT molecular complexity index is 731. The van der Waals surface area contributed by atoms with Crippen molar-refractivity contribution in [3.8, 4) is 0 Å². The molecule has 27 heavy (non-hydrogen) atoms. The van der Waals surface area contributed by atoms with Crippen LogP contribution in [0.5, 0.6) is 0 Å². The highest BCUT2D eigenvalue weighted by atomic mass is 32.2. The van der Waals surface area contributed by atoms with Gasteiger partial charge in [-0.05, 0) is 36.8 Å². The standard InChI is InChI=1S/C21H25FN2O2S/c1-16-2-4-17(5-3-16)20(14-24-10-12-26-13-11-24)23-21(25)15-27-19-8-6-18(22)7-9-19/h2-9,20H,10-15H2,1H3,(H,23,25)/p+1/t20-/m0/s1. The molecule has 3 rings (SSSR count). The molecule has 0 unspecified atom stereocenters. The van der Waals surface area contributed by atoms with E-state index < -0.39 is 0 Å². The molecule has 0 aliphatic carbocycles. The summed E-state index contributed by atoms with van der Waals surface area (Å²) >= 11 is 1.42. The molecule has 1 amide bonds. The fourth-order valence-corrected chi connectivity index (χ4v) is 3.83. The lowest BCUT2D eigenvalue weighted by molar-refractivity contribution is -0.909. The lowest BCUT2D eigenvalue weighted by Crippen LogP contribution is -3.14. The number of ether oxygens (including phenoxy) is 1. The fourth-order valence-electron chi connectivity index (χ4n) is 3.12. The summed E-state index contributed by atoms with van der Waals surface area (Å²) in [5, 5.41) is 3.19. The first-order valence-corrected chi connectivity index (χ1v) is 10.2. The summed E-state index contributed by atoms with van der Waals surface area (Å²) in [6.45, 7) is 6.36. The number of rotatable bonds is 7. The van der Waals surface area contributed by atoms with Crippen LogP contribution in [-0.4, -0.2) is 44.5 Å². The summed E-state index contributed by atoms with van der Waals surface area (Å²) < 4.78 is 18.4. The third-order valence-corrected chi connectivity index (χ3v) is 5.70. The summed E-state index contributed by atoms with van der Waals surface area (Å²) in [5.41, 5.74) is 2.33. The van der Waals surface area contributed by atoms with Gasteiger partial charge in [0.15, 0.2) is 0 Å². The number of nitrogens with one attached hydrogen (secondary N) is 2. The van der Waals surface area contributed by atoms with Crippen molar-refractivity contribution in [3.05, 3.63) is 65.5 Å². The van der Waals surface area contributed by atoms with E-state index >= 15 is 0 Å². The Morgan fingerprint density at radius 3 is 2.48 bits per heavy atom. The van der Waals surface area contributed by atoms with Crippen molar-refractivity contribution in [2.24, 2.45) is 0 Å². The zero-order valence-corrected chi connectivity index (χ0v) is 16.4. The number of thioether (sulfide) groups is 1. The number of carbonyl (C=O) groups excluding carboxylic acids is 1. The minimum atomic E-state index is -0.267. The van der Waals surface area contributed by atoms with Gasteiger partial charge in [0, 0.05) is 4.90 Å². The van der Waals surface area contributed by atoms with E-state index in [1.807, 2.05) is 0 Å². The summed E-state index contributed by atoms with van der Waals surface area (Å²) in [7, 11) is 0. The van der Waals surface area contributed by atoms with Crippen LogP contribution in [0.3, 0.4) is 0 Å². The molecule has 4 nitrogen and oxygen atoms in total. The van der Waals surface area contributed by atoms with Gasteiger partial charge in [-0.2, -0.15) is 0 Å². The maximum atomic E-state index is 13.0. The molecular formula is C21H26FN2O2S+. The maximum absolute atomic E-state index is 13.0. The van der Waals surface area contributed by atoms with E-state index in [0.29, 0.717) is 5.75 Å². The molecule has 2 N–H and O–H groups in total. The van der Waals surface area contributed by atoms with Crippen LogP contribution >= 0.6 is 11.8 Å². The molecular weight excluding hydrogens is 363 g/mol. The van der Waals surface area contributed by atoms with Gasteiger partial charge < -0.3 is 15.0 Å². The zero-order valence-electron chi connectivity index (χ0n) is 15.5. The molecule has 1 aliphatic heterocycles. The Balaban J connectivity index is 1.61. The second-order valence-corrected chi connectivity index (χ2v) is 7.89. The quantitative estimate of drug-likeness (QED) is 0.712. The summed E-state index contributed by atoms with van der Waals surface area (Å²) in [4.78, 5) is 14.9. The summed E-state index contributed by atoms with van der Waals surface area (Å²) in [6, 6.07) is 14.5. The van der Waals surface area contributed by atoms with E-state index in [-0.39, 0.29) is 17.8 Å². The number of carbonyl (C=O) groups is 1. The van der Waals surface area contributed by atoms with E-state index in [1.54, 1.807) is 12.1 Å². The highest BCUT2D eigenvalue weighted by molar-refractivity contribution is 8.00. The third-order valence-electron chi connectivity index (χ3n) is 4.69. The molecule has 0 spiro atoms. The Labute approximate surface area is 164 Å². The molecule has 1 fully saturated rings. The molecule has 2 aromatic rings. The smallest absolute Gasteiger partial charge is 0.231 e. The topological polar surface area (TPSA) is 42.8 Å². The molecule has 0 bridgehead atoms. The van der Waals surface area contributed by atoms with E-state index in [0.717, 1.165) is 43.3 Å². The Kier molecular flexibility index (Phi) is 7.26. The molecule has 1 atom stereocenters. The molecule has 6 heteroatoms. The van der Waals surface area contributed by atoms with Gasteiger partial charge in [-0.1, -0.05) is 29.8 Å². The second-order valence-electron chi connectivity index (χ2n) is 6.84. The molecule has 144 valence electrons. The van der Waals surface area contributed by atoms with Crippen molar-refractivity contribution in [1.82, 2.24) is 5.32 Å². The zero-order chi connectivity index (χ0) is 19.1. The van der Waals surface area contributed by atoms with Gasteiger partial charge >= 0.3 is 0 Å². The van der Waals surface area contributed by atoms with Gasteiger partial charge in [0.1, 0.15) is 31.5 Å². The first-order valence-electron chi connectivity index (χ1n) is 9.26. The highest BCUT2D eigenvalue weighted by Gasteiger charge is 2.23. The van der Waals surface area contributed by atoms with Crippen LogP contribution in [0.15, 0.2) is 53.4 Å². The Morgan fingerprint density at radius 1 is 1.15 bits per heavy atom. The van der Waals surface area contributed by atoms with E-state index in [2.05, 4.69) is 36.5 Å². The molecule has 1 heterocycles. The number of hydrogen-bond acceptors (Lipinski definition) is 3. The molecule has 0 radical (unpaired) electrons. The summed E-state index contributed by atoms with van der Waals surface area (Å²) in [6.07, 6.45) is 0. The van der Waals surface area contributed by atoms with Crippen molar-refractivity contribution >= 4 is 17.7 Å². The number of hydrogen-bond donors (Lipinski definition) is 2. The maximum Gasteiger partial charge on any atom is 0.231 e. The van der Waals surface area contributed by atoms with Crippen LogP contribution in [0.2, 0.25) is 0 Å². The van der Waals surface area contributed by atoms with Gasteiger partial charge in [-0.25, -0.2) is 4.39 Å². The molecule has 1 aliphatic rings. The third kappa shape index (κ3) is 6.34. The fraction of sp³-hybridized carbons (Fsp3) is 0.381. The first kappa shape index (κ1) is 19.9. The average molecular weight is 390 g/mol. The van der Waals surface area contributed by atoms with Crippen molar-refractivity contribution in [3.63, 3.8) is 0 Å². The minimum Gasteiger partial charge on any atom is -0.370 e. The number of quaternary nitrogens is 1. The SMILES string of the molecule is Cc1ccc([C@H](C[NH+]2CCOCC2)NC(=O)CSc2ccc(F)cc2)cc1. The minimum absolute atomic E-state index is 0.0115. The van der Waals surface area contributed by atoms with Crippen LogP contribution in [0.4, 0.5) is 4.39 Å². The number of amides is 1. The van der Waals surface area contributed by atoms with E-state index in [9.17, 15) is 9.18 Å². The lowest BCUT2D eigenvalue weighted by atomic mass is 10.0. The van der Waals surface area contributed by atoms with E-state index in [4.69, 9.17) is 4.74 Å². The Morgan fingerprint density at radius 2 is 1.81 bits per heavy atom. The van der Waals surface area contributed by atoms with Gasteiger partial charge in [0.05, 0.1) is 19.0 Å². The van der Waals surface area contributed by atoms with Crippen LogP contribution in [0.25, 0.3) is 0 Å². The predicted molar refractivity (Wildman–Crippen MR) is 106 cm³/mol. The van der Waals surface area contributed by atoms with Gasteiger partial charge in [-0.15, -0.1) is 11.8 Å². The molecule has 2 aromatic carbocycles. The number of morpholine rings is 1. The van der Waals surface area contributed by atoms with Crippen LogP contribution in [0, 0.1) is 12.7 Å². The average Bonchev–Trinajstić information content (AvgIpc) is 2.68. The van der Waals surface area contributed by atoms with E-state index in [1.165, 1.54) is 34.4 Å². The summed E-state index contributed by atoms with van der Waals surface area (Å²) in [5.74, 6) is 0.0335. The van der Waals surface area contributed by atoms with Gasteiger partial charge in [0.25, 0.3) is 0 Å². The van der Waals surface area contributed by atoms with Crippen molar-refractivity contribution in [2.45, 2.75) is 17.9 Å². The van der Waals surface area contributed by atoms with Gasteiger partial charge in [-0.3, -0.25) is 4.79 Å². The highest BCUT2D eigenvalue weighted by Crippen LogP contribution is 2.19. The van der Waals surface area contributed by atoms with Crippen molar-refractivity contribution in [1.29, 1.82) is 0 Å². The number of aryl methyl sites for hydroxylation is 1. The molecule has 0 aromatic heterocycles. The second kappa shape index (κ2) is 9.88. The van der Waals surface area contributed by atoms with Crippen LogP contribution in [-0.2, 0) is 9.53 Å². The predicted octanol–water partition coefficient (Wildman–Crippen LogP) is 2.00. The number of benzene rings is 2. The monoisotopic (exact) mass is 389 g/mol. The lowest BCUT2D eigenvalue weighted by Gasteiger charge is -2.28. The van der Waals surface area contributed by atoms with Crippen LogP contribution in [0.1, 0.15) is 17.2 Å².